The van der Waals surface area contributed by atoms with E-state index < -0.39 is 0 Å². The summed E-state index contributed by atoms with van der Waals surface area (Å²) in [5, 5.41) is 0. The molecule has 1 aromatic heterocycles. The van der Waals surface area contributed by atoms with Gasteiger partial charge in [-0.05, 0) is 23.8 Å². The molecule has 0 aliphatic carbocycles. The van der Waals surface area contributed by atoms with E-state index in [0.717, 1.165) is 5.56 Å². The first-order valence-electron chi connectivity index (χ1n) is 7.00. The van der Waals surface area contributed by atoms with Gasteiger partial charge in [-0.3, -0.25) is 4.79 Å². The SMILES string of the molecule is O=C(/C=C/c1ccco1)N1CCOC(c2ccccc2)C1. The number of benzene rings is 1. The van der Waals surface area contributed by atoms with Crippen molar-refractivity contribution >= 4 is 12.0 Å². The second-order valence-corrected chi connectivity index (χ2v) is 4.90. The lowest BCUT2D eigenvalue weighted by Crippen LogP contribution is -2.41. The second kappa shape index (κ2) is 6.41. The van der Waals surface area contributed by atoms with Crippen LogP contribution in [0.3, 0.4) is 0 Å². The van der Waals surface area contributed by atoms with Crippen LogP contribution in [0, 0.1) is 0 Å². The number of hydrogen-bond donors (Lipinski definition) is 0. The Labute approximate surface area is 123 Å². The highest BCUT2D eigenvalue weighted by atomic mass is 16.5. The largest absolute Gasteiger partial charge is 0.465 e. The van der Waals surface area contributed by atoms with Gasteiger partial charge in [-0.2, -0.15) is 0 Å². The number of hydrogen-bond acceptors (Lipinski definition) is 3. The van der Waals surface area contributed by atoms with Crippen LogP contribution in [-0.4, -0.2) is 30.5 Å². The van der Waals surface area contributed by atoms with E-state index in [4.69, 9.17) is 9.15 Å². The van der Waals surface area contributed by atoms with Crippen molar-refractivity contribution in [3.05, 3.63) is 66.1 Å². The van der Waals surface area contributed by atoms with Gasteiger partial charge in [0.15, 0.2) is 0 Å². The van der Waals surface area contributed by atoms with Gasteiger partial charge in [-0.25, -0.2) is 0 Å². The maximum Gasteiger partial charge on any atom is 0.246 e. The number of furan rings is 1. The Morgan fingerprint density at radius 3 is 2.81 bits per heavy atom. The third-order valence-electron chi connectivity index (χ3n) is 3.48. The van der Waals surface area contributed by atoms with Crippen LogP contribution < -0.4 is 0 Å². The summed E-state index contributed by atoms with van der Waals surface area (Å²) in [4.78, 5) is 14.0. The lowest BCUT2D eigenvalue weighted by Gasteiger charge is -2.32. The summed E-state index contributed by atoms with van der Waals surface area (Å²) < 4.78 is 10.9. The molecule has 0 radical (unpaired) electrons. The molecule has 0 spiro atoms. The third-order valence-corrected chi connectivity index (χ3v) is 3.48. The van der Waals surface area contributed by atoms with Crippen LogP contribution in [-0.2, 0) is 9.53 Å². The van der Waals surface area contributed by atoms with Crippen LogP contribution in [0.4, 0.5) is 0 Å². The van der Waals surface area contributed by atoms with Crippen molar-refractivity contribution in [2.75, 3.05) is 19.7 Å². The average Bonchev–Trinajstić information content (AvgIpc) is 3.07. The molecule has 1 aromatic carbocycles. The molecule has 4 nitrogen and oxygen atoms in total. The van der Waals surface area contributed by atoms with Gasteiger partial charge >= 0.3 is 0 Å². The Morgan fingerprint density at radius 2 is 2.05 bits per heavy atom. The maximum absolute atomic E-state index is 12.2. The first-order chi connectivity index (χ1) is 10.3. The minimum atomic E-state index is -0.0547. The highest BCUT2D eigenvalue weighted by Gasteiger charge is 2.23. The van der Waals surface area contributed by atoms with E-state index >= 15 is 0 Å². The molecule has 1 atom stereocenters. The van der Waals surface area contributed by atoms with E-state index in [1.807, 2.05) is 36.4 Å². The zero-order chi connectivity index (χ0) is 14.5. The summed E-state index contributed by atoms with van der Waals surface area (Å²) >= 11 is 0. The summed E-state index contributed by atoms with van der Waals surface area (Å²) in [7, 11) is 0. The fourth-order valence-corrected chi connectivity index (χ4v) is 2.36. The Balaban J connectivity index is 1.64. The highest BCUT2D eigenvalue weighted by molar-refractivity contribution is 5.91. The smallest absolute Gasteiger partial charge is 0.246 e. The molecule has 1 saturated heterocycles. The van der Waals surface area contributed by atoms with Gasteiger partial charge in [0, 0.05) is 12.6 Å². The molecule has 2 aromatic rings. The van der Waals surface area contributed by atoms with E-state index in [9.17, 15) is 4.79 Å². The molecule has 1 aliphatic heterocycles. The van der Waals surface area contributed by atoms with E-state index in [1.165, 1.54) is 0 Å². The molecule has 1 aliphatic rings. The molecule has 1 fully saturated rings. The van der Waals surface area contributed by atoms with Crippen molar-refractivity contribution < 1.29 is 13.9 Å². The topological polar surface area (TPSA) is 42.7 Å². The van der Waals surface area contributed by atoms with E-state index in [1.54, 1.807) is 29.4 Å². The Kier molecular flexibility index (Phi) is 4.17. The molecule has 4 heteroatoms. The molecule has 0 N–H and O–H groups in total. The van der Waals surface area contributed by atoms with E-state index in [-0.39, 0.29) is 12.0 Å². The number of morpholine rings is 1. The number of carbonyl (C=O) groups is 1. The molecule has 21 heavy (non-hydrogen) atoms. The van der Waals surface area contributed by atoms with Gasteiger partial charge < -0.3 is 14.1 Å². The normalized spacial score (nSPS) is 19.0. The van der Waals surface area contributed by atoms with Crippen LogP contribution in [0.1, 0.15) is 17.4 Å². The molecule has 2 heterocycles. The van der Waals surface area contributed by atoms with Gasteiger partial charge in [0.1, 0.15) is 11.9 Å². The van der Waals surface area contributed by atoms with Crippen molar-refractivity contribution in [2.24, 2.45) is 0 Å². The lowest BCUT2D eigenvalue weighted by molar-refractivity contribution is -0.133. The predicted molar refractivity (Wildman–Crippen MR) is 79.5 cm³/mol. The monoisotopic (exact) mass is 283 g/mol. The van der Waals surface area contributed by atoms with Gasteiger partial charge in [0.05, 0.1) is 19.4 Å². The summed E-state index contributed by atoms with van der Waals surface area (Å²) in [5.41, 5.74) is 1.10. The average molecular weight is 283 g/mol. The number of carbonyl (C=O) groups excluding carboxylic acids is 1. The Hall–Kier alpha value is -2.33. The quantitative estimate of drug-likeness (QED) is 0.813. The summed E-state index contributed by atoms with van der Waals surface area (Å²) in [6.07, 6.45) is 4.77. The van der Waals surface area contributed by atoms with E-state index in [0.29, 0.717) is 25.5 Å². The Bertz CT molecular complexity index is 604. The third kappa shape index (κ3) is 3.41. The number of ether oxygens (including phenoxy) is 1. The van der Waals surface area contributed by atoms with Crippen molar-refractivity contribution in [3.63, 3.8) is 0 Å². The van der Waals surface area contributed by atoms with E-state index in [2.05, 4.69) is 0 Å². The summed E-state index contributed by atoms with van der Waals surface area (Å²) in [6.45, 7) is 1.75. The molecule has 108 valence electrons. The predicted octanol–water partition coefficient (Wildman–Crippen LogP) is 2.89. The first kappa shape index (κ1) is 13.6. The molecule has 3 rings (SSSR count). The van der Waals surface area contributed by atoms with Crippen LogP contribution in [0.2, 0.25) is 0 Å². The lowest BCUT2D eigenvalue weighted by atomic mass is 10.1. The van der Waals surface area contributed by atoms with Gasteiger partial charge in [0.25, 0.3) is 0 Å². The zero-order valence-electron chi connectivity index (χ0n) is 11.6. The Morgan fingerprint density at radius 1 is 1.19 bits per heavy atom. The molecule has 0 saturated carbocycles. The summed E-state index contributed by atoms with van der Waals surface area (Å²) in [5.74, 6) is 0.659. The van der Waals surface area contributed by atoms with Crippen LogP contribution >= 0.6 is 0 Å². The zero-order valence-corrected chi connectivity index (χ0v) is 11.6. The summed E-state index contributed by atoms with van der Waals surface area (Å²) in [6, 6.07) is 13.6. The van der Waals surface area contributed by atoms with Crippen LogP contribution in [0.15, 0.2) is 59.2 Å². The number of nitrogens with zero attached hydrogens (tertiary/aromatic N) is 1. The van der Waals surface area contributed by atoms with Crippen molar-refractivity contribution in [1.29, 1.82) is 0 Å². The molecule has 1 amide bonds. The fraction of sp³-hybridized carbons (Fsp3) is 0.235. The standard InChI is InChI=1S/C17H17NO3/c19-17(9-8-15-7-4-11-20-15)18-10-12-21-16(13-18)14-5-2-1-3-6-14/h1-9,11,16H,10,12-13H2/b9-8+. The molecule has 1 unspecified atom stereocenters. The van der Waals surface area contributed by atoms with Gasteiger partial charge in [-0.1, -0.05) is 30.3 Å². The maximum atomic E-state index is 12.2. The second-order valence-electron chi connectivity index (χ2n) is 4.90. The van der Waals surface area contributed by atoms with Crippen molar-refractivity contribution in [1.82, 2.24) is 4.90 Å². The number of rotatable bonds is 3. The molecular weight excluding hydrogens is 266 g/mol. The van der Waals surface area contributed by atoms with Gasteiger partial charge in [0.2, 0.25) is 5.91 Å². The highest BCUT2D eigenvalue weighted by Crippen LogP contribution is 2.22. The van der Waals surface area contributed by atoms with Crippen LogP contribution in [0.25, 0.3) is 6.08 Å². The van der Waals surface area contributed by atoms with Crippen molar-refractivity contribution in [3.8, 4) is 0 Å². The van der Waals surface area contributed by atoms with Gasteiger partial charge in [-0.15, -0.1) is 0 Å². The minimum Gasteiger partial charge on any atom is -0.465 e. The van der Waals surface area contributed by atoms with Crippen LogP contribution in [0.5, 0.6) is 0 Å². The number of amides is 1. The molecular formula is C17H17NO3. The van der Waals surface area contributed by atoms with Crippen molar-refractivity contribution in [2.45, 2.75) is 6.10 Å². The minimum absolute atomic E-state index is 0.0179. The molecule has 0 bridgehead atoms. The fourth-order valence-electron chi connectivity index (χ4n) is 2.36. The first-order valence-corrected chi connectivity index (χ1v) is 7.00.